The number of nitrogens with zero attached hydrogens (tertiary/aromatic N) is 5. The second-order valence-electron chi connectivity index (χ2n) is 16.8. The Kier molecular flexibility index (Phi) is 13.4. The van der Waals surface area contributed by atoms with E-state index >= 15 is 0 Å². The molecular formula is C44H62N10O3. The number of allylic oxidation sites excluding steroid dienone is 1. The highest BCUT2D eigenvalue weighted by molar-refractivity contribution is 6.05. The van der Waals surface area contributed by atoms with Crippen molar-refractivity contribution in [1.29, 1.82) is 10.8 Å². The van der Waals surface area contributed by atoms with Gasteiger partial charge in [-0.05, 0) is 88.4 Å². The zero-order chi connectivity index (χ0) is 40.7. The molecule has 1 aromatic heterocycles. The summed E-state index contributed by atoms with van der Waals surface area (Å²) in [6.45, 7) is 16.0. The largest absolute Gasteiger partial charge is 0.492 e. The van der Waals surface area contributed by atoms with Gasteiger partial charge in [-0.15, -0.1) is 0 Å². The maximum atomic E-state index is 13.7. The molecule has 2 fully saturated rings. The Morgan fingerprint density at radius 2 is 1.67 bits per heavy atom. The van der Waals surface area contributed by atoms with Gasteiger partial charge in [-0.1, -0.05) is 51.1 Å². The van der Waals surface area contributed by atoms with Crippen LogP contribution in [0, 0.1) is 16.2 Å². The fourth-order valence-corrected chi connectivity index (χ4v) is 7.79. The van der Waals surface area contributed by atoms with Gasteiger partial charge in [-0.3, -0.25) is 25.6 Å². The second kappa shape index (κ2) is 18.4. The number of piperazine rings is 1. The number of rotatable bonds is 9. The molecule has 0 radical (unpaired) electrons. The van der Waals surface area contributed by atoms with E-state index in [9.17, 15) is 4.79 Å². The van der Waals surface area contributed by atoms with Gasteiger partial charge in [0.2, 0.25) is 5.96 Å². The number of carbonyl (C=O) groups is 1. The molecule has 0 bridgehead atoms. The number of amides is 2. The van der Waals surface area contributed by atoms with E-state index in [1.54, 1.807) is 29.0 Å². The average molecular weight is 779 g/mol. The Labute approximate surface area is 337 Å². The van der Waals surface area contributed by atoms with Crippen LogP contribution in [0.4, 0.5) is 10.5 Å². The number of aromatic nitrogens is 1. The van der Waals surface area contributed by atoms with E-state index in [0.29, 0.717) is 54.1 Å². The summed E-state index contributed by atoms with van der Waals surface area (Å²) in [7, 11) is 2.15. The van der Waals surface area contributed by atoms with Gasteiger partial charge in [0.25, 0.3) is 0 Å². The molecule has 3 aliphatic rings. The van der Waals surface area contributed by atoms with Gasteiger partial charge in [-0.2, -0.15) is 0 Å². The second-order valence-corrected chi connectivity index (χ2v) is 16.8. The number of nitrogens with two attached hydrogens (primary N) is 1. The molecule has 57 heavy (non-hydrogen) atoms. The summed E-state index contributed by atoms with van der Waals surface area (Å²) < 4.78 is 14.3. The van der Waals surface area contributed by atoms with Crippen molar-refractivity contribution in [2.45, 2.75) is 91.0 Å². The van der Waals surface area contributed by atoms with E-state index in [1.165, 1.54) is 0 Å². The number of amidine groups is 1. The number of benzene rings is 2. The molecule has 13 heteroatoms. The van der Waals surface area contributed by atoms with Crippen molar-refractivity contribution in [3.05, 3.63) is 95.2 Å². The number of likely N-dealkylation sites (N-methyl/N-ethyl adjacent to an activating group) is 1. The van der Waals surface area contributed by atoms with Crippen molar-refractivity contribution in [2.24, 2.45) is 16.1 Å². The minimum Gasteiger partial charge on any atom is -0.492 e. The van der Waals surface area contributed by atoms with E-state index in [-0.39, 0.29) is 35.1 Å². The van der Waals surface area contributed by atoms with Gasteiger partial charge in [0.1, 0.15) is 35.5 Å². The molecule has 0 unspecified atom stereocenters. The molecule has 2 amide bonds. The van der Waals surface area contributed by atoms with Gasteiger partial charge in [0.15, 0.2) is 0 Å². The molecular weight excluding hydrogens is 717 g/mol. The van der Waals surface area contributed by atoms with Crippen molar-refractivity contribution < 1.29 is 14.3 Å². The standard InChI is InChI=1S/C44H62N10O3/c1-30-11-9-12-31(2)54(30)42(47)53-29-34(17-20-40(53)46)57-38-19-18-37(35-15-7-8-16-36(35)38)49-43(55)50-41(28-39(45)44(3,4)5)48-32-13-10-14-33(27-32)56-26-25-52-23-21-51(6)22-24-52/h7-8,10,13-17,20,27-31,37-38,46-47H,9,11-12,18-19,21-26,45H2,1-6H3,(H2,48,49,50,55)/b39-28-,46-40?,47-42?/t30-,31+,37-,38+/m0/s1. The third-order valence-corrected chi connectivity index (χ3v) is 11.3. The third kappa shape index (κ3) is 10.8. The topological polar surface area (TPSA) is 160 Å². The monoisotopic (exact) mass is 779 g/mol. The number of piperidine rings is 1. The zero-order valence-electron chi connectivity index (χ0n) is 34.6. The lowest BCUT2D eigenvalue weighted by Gasteiger charge is -2.41. The summed E-state index contributed by atoms with van der Waals surface area (Å²) in [6.07, 6.45) is 7.71. The SMILES string of the molecule is C[C@@H]1CCC[C@H](C)N1C(=N)n1cc(O[C@@H]2CC[C@H](NC(=O)NC(/C=C(\N)C(C)(C)C)=Nc3cccc(OCCN4CCN(C)CC4)c3)c3ccccc32)ccc1=N. The number of urea groups is 1. The van der Waals surface area contributed by atoms with E-state index in [1.807, 2.05) is 69.3 Å². The fourth-order valence-electron chi connectivity index (χ4n) is 7.79. The van der Waals surface area contributed by atoms with E-state index < -0.39 is 6.03 Å². The number of pyridine rings is 1. The van der Waals surface area contributed by atoms with Gasteiger partial charge < -0.3 is 30.3 Å². The van der Waals surface area contributed by atoms with Gasteiger partial charge in [0, 0.05) is 68.1 Å². The lowest BCUT2D eigenvalue weighted by Crippen LogP contribution is -2.51. The van der Waals surface area contributed by atoms with Gasteiger partial charge in [-0.25, -0.2) is 9.79 Å². The van der Waals surface area contributed by atoms with Crippen LogP contribution in [0.1, 0.15) is 90.0 Å². The van der Waals surface area contributed by atoms with Gasteiger partial charge >= 0.3 is 6.03 Å². The number of hydrogen-bond donors (Lipinski definition) is 5. The summed E-state index contributed by atoms with van der Waals surface area (Å²) in [5.41, 5.74) is 9.58. The molecule has 6 rings (SSSR count). The number of likely N-dealkylation sites (tertiary alicyclic amines) is 1. The van der Waals surface area contributed by atoms with Crippen molar-refractivity contribution >= 4 is 23.5 Å². The zero-order valence-corrected chi connectivity index (χ0v) is 34.6. The number of fused-ring (bicyclic) bond motifs is 1. The molecule has 6 N–H and O–H groups in total. The summed E-state index contributed by atoms with van der Waals surface area (Å²) in [4.78, 5) is 25.4. The van der Waals surface area contributed by atoms with Crippen LogP contribution in [0.3, 0.4) is 0 Å². The Morgan fingerprint density at radius 1 is 0.947 bits per heavy atom. The van der Waals surface area contributed by atoms with Crippen molar-refractivity contribution in [3.8, 4) is 11.5 Å². The van der Waals surface area contributed by atoms with Gasteiger partial charge in [0.05, 0.1) is 17.9 Å². The average Bonchev–Trinajstić information content (AvgIpc) is 3.17. The molecule has 2 aliphatic heterocycles. The first kappa shape index (κ1) is 41.5. The predicted molar refractivity (Wildman–Crippen MR) is 226 cm³/mol. The molecule has 3 aromatic rings. The number of carbonyl (C=O) groups excluding carboxylic acids is 1. The molecule has 4 atom stereocenters. The van der Waals surface area contributed by atoms with E-state index in [4.69, 9.17) is 31.0 Å². The first-order chi connectivity index (χ1) is 27.2. The van der Waals surface area contributed by atoms with Crippen molar-refractivity contribution in [3.63, 3.8) is 0 Å². The Bertz CT molecular complexity index is 1980. The lowest BCUT2D eigenvalue weighted by molar-refractivity contribution is 0.134. The molecule has 13 nitrogen and oxygen atoms in total. The van der Waals surface area contributed by atoms with Crippen LogP contribution in [0.15, 0.2) is 83.6 Å². The van der Waals surface area contributed by atoms with Crippen LogP contribution < -0.4 is 31.3 Å². The molecule has 2 aromatic carbocycles. The number of aliphatic imine (C=N–C) groups is 1. The van der Waals surface area contributed by atoms with Crippen LogP contribution in [0.25, 0.3) is 0 Å². The van der Waals surface area contributed by atoms with Crippen molar-refractivity contribution in [1.82, 2.24) is 29.9 Å². The Balaban J connectivity index is 1.14. The normalized spacial score (nSPS) is 22.4. The summed E-state index contributed by atoms with van der Waals surface area (Å²) >= 11 is 0. The minimum absolute atomic E-state index is 0.229. The maximum absolute atomic E-state index is 13.7. The third-order valence-electron chi connectivity index (χ3n) is 11.3. The minimum atomic E-state index is -0.391. The van der Waals surface area contributed by atoms with Crippen LogP contribution >= 0.6 is 0 Å². The number of nitrogens with one attached hydrogen (secondary N) is 4. The summed E-state index contributed by atoms with van der Waals surface area (Å²) in [5.74, 6) is 1.92. The first-order valence-corrected chi connectivity index (χ1v) is 20.4. The predicted octanol–water partition coefficient (Wildman–Crippen LogP) is 6.51. The molecule has 2 saturated heterocycles. The van der Waals surface area contributed by atoms with Crippen LogP contribution in [0.5, 0.6) is 11.5 Å². The van der Waals surface area contributed by atoms with Crippen LogP contribution in [-0.2, 0) is 0 Å². The number of ether oxygens (including phenoxy) is 2. The number of hydrogen-bond acceptors (Lipinski definition) is 9. The lowest BCUT2D eigenvalue weighted by atomic mass is 9.85. The maximum Gasteiger partial charge on any atom is 0.320 e. The fraction of sp³-hybridized carbons (Fsp3) is 0.500. The highest BCUT2D eigenvalue weighted by atomic mass is 16.5. The van der Waals surface area contributed by atoms with Crippen LogP contribution in [-0.4, -0.2) is 95.6 Å². The molecule has 3 heterocycles. The highest BCUT2D eigenvalue weighted by Crippen LogP contribution is 2.38. The molecule has 0 spiro atoms. The smallest absolute Gasteiger partial charge is 0.320 e. The Hall–Kier alpha value is -5.14. The van der Waals surface area contributed by atoms with E-state index in [2.05, 4.69) is 46.2 Å². The first-order valence-electron chi connectivity index (χ1n) is 20.4. The summed E-state index contributed by atoms with van der Waals surface area (Å²) in [5, 5.41) is 23.8. The molecule has 306 valence electrons. The van der Waals surface area contributed by atoms with Crippen molar-refractivity contribution in [2.75, 3.05) is 46.4 Å². The molecule has 1 aliphatic carbocycles. The Morgan fingerprint density at radius 3 is 2.39 bits per heavy atom. The quantitative estimate of drug-likeness (QED) is 0.122. The molecule has 0 saturated carbocycles. The summed E-state index contributed by atoms with van der Waals surface area (Å²) in [6, 6.07) is 18.9. The van der Waals surface area contributed by atoms with Crippen LogP contribution in [0.2, 0.25) is 0 Å². The van der Waals surface area contributed by atoms with E-state index in [0.717, 1.165) is 63.1 Å². The highest BCUT2D eigenvalue weighted by Gasteiger charge is 2.31.